The summed E-state index contributed by atoms with van der Waals surface area (Å²) in [5, 5.41) is 0. The van der Waals surface area contributed by atoms with Gasteiger partial charge in [-0.2, -0.15) is 0 Å². The van der Waals surface area contributed by atoms with E-state index < -0.39 is 0 Å². The molecule has 1 aliphatic heterocycles. The van der Waals surface area contributed by atoms with E-state index in [0.717, 1.165) is 23.7 Å². The van der Waals surface area contributed by atoms with Crippen LogP contribution in [0.25, 0.3) is 0 Å². The molecular formula is C30H52O. The Morgan fingerprint density at radius 1 is 0.452 bits per heavy atom. The second kappa shape index (κ2) is 6.76. The molecule has 0 amide bonds. The molecular weight excluding hydrogens is 376 g/mol. The molecule has 178 valence electrons. The van der Waals surface area contributed by atoms with E-state index in [0.29, 0.717) is 21.7 Å². The smallest absolute Gasteiger partial charge is 0.0695 e. The lowest BCUT2D eigenvalue weighted by molar-refractivity contribution is -0.269. The molecule has 0 radical (unpaired) electrons. The van der Waals surface area contributed by atoms with Crippen molar-refractivity contribution in [2.45, 2.75) is 144 Å². The van der Waals surface area contributed by atoms with Gasteiger partial charge in [0.1, 0.15) is 0 Å². The first-order valence-electron chi connectivity index (χ1n) is 14.0. The van der Waals surface area contributed by atoms with E-state index in [-0.39, 0.29) is 11.2 Å². The van der Waals surface area contributed by atoms with Crippen molar-refractivity contribution >= 4 is 0 Å². The van der Waals surface area contributed by atoms with Crippen molar-refractivity contribution < 1.29 is 4.74 Å². The Morgan fingerprint density at radius 2 is 0.968 bits per heavy atom. The third kappa shape index (κ3) is 3.10. The first kappa shape index (κ1) is 22.7. The van der Waals surface area contributed by atoms with E-state index in [2.05, 4.69) is 55.4 Å². The number of hydrogen-bond donors (Lipinski definition) is 0. The van der Waals surface area contributed by atoms with Crippen LogP contribution in [-0.2, 0) is 4.74 Å². The highest BCUT2D eigenvalue weighted by Gasteiger charge is 2.66. The highest BCUT2D eigenvalue weighted by Crippen LogP contribution is 2.72. The van der Waals surface area contributed by atoms with E-state index in [1.54, 1.807) is 0 Å². The second-order valence-electron chi connectivity index (χ2n) is 15.3. The fraction of sp³-hybridized carbons (Fsp3) is 1.00. The summed E-state index contributed by atoms with van der Waals surface area (Å²) in [6, 6.07) is 0. The highest BCUT2D eigenvalue weighted by molar-refractivity contribution is 5.15. The molecule has 0 aromatic rings. The minimum Gasteiger partial charge on any atom is -0.369 e. The lowest BCUT2D eigenvalue weighted by atomic mass is 9.42. The zero-order chi connectivity index (χ0) is 22.5. The van der Waals surface area contributed by atoms with Gasteiger partial charge >= 0.3 is 0 Å². The highest BCUT2D eigenvalue weighted by atomic mass is 16.5. The largest absolute Gasteiger partial charge is 0.369 e. The molecule has 5 aliphatic rings. The van der Waals surface area contributed by atoms with Crippen molar-refractivity contribution in [2.75, 3.05) is 0 Å². The summed E-state index contributed by atoms with van der Waals surface area (Å²) in [5.74, 6) is 3.30. The quantitative estimate of drug-likeness (QED) is 0.405. The van der Waals surface area contributed by atoms with Gasteiger partial charge in [0, 0.05) is 0 Å². The normalized spacial score (nSPS) is 55.7. The molecule has 4 aliphatic carbocycles. The maximum Gasteiger partial charge on any atom is 0.0695 e. The summed E-state index contributed by atoms with van der Waals surface area (Å²) in [4.78, 5) is 0. The summed E-state index contributed by atoms with van der Waals surface area (Å²) in [7, 11) is 0. The summed E-state index contributed by atoms with van der Waals surface area (Å²) < 4.78 is 7.41. The van der Waals surface area contributed by atoms with Crippen LogP contribution in [0.2, 0.25) is 0 Å². The molecule has 1 heterocycles. The lowest BCUT2D eigenvalue weighted by Crippen LogP contribution is -2.62. The Balaban J connectivity index is 1.44. The Morgan fingerprint density at radius 3 is 1.68 bits per heavy atom. The minimum absolute atomic E-state index is 0.0789. The summed E-state index contributed by atoms with van der Waals surface area (Å²) in [6.07, 6.45) is 16.8. The number of ether oxygens (including phenoxy) is 1. The third-order valence-electron chi connectivity index (χ3n) is 12.7. The number of fused-ring (bicyclic) bond motifs is 4. The number of rotatable bonds is 1. The van der Waals surface area contributed by atoms with Gasteiger partial charge in [0.15, 0.2) is 0 Å². The van der Waals surface area contributed by atoms with Crippen LogP contribution in [0, 0.1) is 45.3 Å². The third-order valence-corrected chi connectivity index (χ3v) is 12.7. The summed E-state index contributed by atoms with van der Waals surface area (Å²) >= 11 is 0. The molecule has 0 N–H and O–H groups in total. The van der Waals surface area contributed by atoms with Gasteiger partial charge < -0.3 is 4.74 Å². The van der Waals surface area contributed by atoms with Crippen LogP contribution in [0.4, 0.5) is 0 Å². The first-order valence-corrected chi connectivity index (χ1v) is 14.0. The molecule has 8 atom stereocenters. The zero-order valence-electron chi connectivity index (χ0n) is 22.2. The molecule has 5 fully saturated rings. The summed E-state index contributed by atoms with van der Waals surface area (Å²) in [6.45, 7) is 20.7. The zero-order valence-corrected chi connectivity index (χ0v) is 22.2. The fourth-order valence-corrected chi connectivity index (χ4v) is 11.6. The first-order chi connectivity index (χ1) is 14.3. The van der Waals surface area contributed by atoms with Gasteiger partial charge in [-0.15, -0.1) is 0 Å². The molecule has 1 saturated heterocycles. The fourth-order valence-electron chi connectivity index (χ4n) is 11.6. The van der Waals surface area contributed by atoms with Crippen LogP contribution >= 0.6 is 0 Å². The maximum absolute atomic E-state index is 7.41. The Labute approximate surface area is 193 Å². The van der Waals surface area contributed by atoms with Crippen molar-refractivity contribution in [1.82, 2.24) is 0 Å². The minimum atomic E-state index is 0.0789. The Kier molecular flexibility index (Phi) is 4.96. The van der Waals surface area contributed by atoms with Crippen LogP contribution in [0.15, 0.2) is 0 Å². The van der Waals surface area contributed by atoms with Gasteiger partial charge in [-0.25, -0.2) is 0 Å². The van der Waals surface area contributed by atoms with Gasteiger partial charge in [0.05, 0.1) is 11.2 Å². The average Bonchev–Trinajstić information content (AvgIpc) is 2.99. The van der Waals surface area contributed by atoms with Gasteiger partial charge in [0.25, 0.3) is 0 Å². The molecule has 1 heteroatoms. The van der Waals surface area contributed by atoms with Crippen LogP contribution in [-0.4, -0.2) is 11.2 Å². The molecule has 31 heavy (non-hydrogen) atoms. The molecule has 0 spiro atoms. The Hall–Kier alpha value is -0.0400. The monoisotopic (exact) mass is 428 g/mol. The number of hydrogen-bond acceptors (Lipinski definition) is 1. The van der Waals surface area contributed by atoms with Crippen molar-refractivity contribution in [3.63, 3.8) is 0 Å². The topological polar surface area (TPSA) is 9.23 Å². The van der Waals surface area contributed by atoms with Gasteiger partial charge in [-0.3, -0.25) is 0 Å². The van der Waals surface area contributed by atoms with Crippen LogP contribution < -0.4 is 0 Å². The molecule has 8 unspecified atom stereocenters. The predicted octanol–water partition coefficient (Wildman–Crippen LogP) is 8.80. The maximum atomic E-state index is 7.41. The van der Waals surface area contributed by atoms with E-state index in [9.17, 15) is 0 Å². The lowest BCUT2D eigenvalue weighted by Gasteiger charge is -2.64. The van der Waals surface area contributed by atoms with Gasteiger partial charge in [-0.1, -0.05) is 54.4 Å². The van der Waals surface area contributed by atoms with Crippen LogP contribution in [0.1, 0.15) is 132 Å². The molecule has 5 rings (SSSR count). The second-order valence-corrected chi connectivity index (χ2v) is 15.3. The standard InChI is InChI=1S/C30H52O/c1-25(2)15-9-17-27(5)21(25)13-19-28(6)23(27)11-12-24(28)30(8)20-14-22-26(3,4)16-10-18-29(22,7)31-30/h21-24H,9-20H2,1-8H3. The predicted molar refractivity (Wildman–Crippen MR) is 131 cm³/mol. The molecule has 0 aromatic carbocycles. The molecule has 4 saturated carbocycles. The van der Waals surface area contributed by atoms with E-state index >= 15 is 0 Å². The molecule has 0 bridgehead atoms. The van der Waals surface area contributed by atoms with Crippen molar-refractivity contribution in [2.24, 2.45) is 45.3 Å². The van der Waals surface area contributed by atoms with E-state index in [4.69, 9.17) is 4.74 Å². The summed E-state index contributed by atoms with van der Waals surface area (Å²) in [5.41, 5.74) is 2.17. The molecule has 1 nitrogen and oxygen atoms in total. The van der Waals surface area contributed by atoms with Crippen LogP contribution in [0.3, 0.4) is 0 Å². The van der Waals surface area contributed by atoms with Crippen molar-refractivity contribution in [1.29, 1.82) is 0 Å². The van der Waals surface area contributed by atoms with Crippen molar-refractivity contribution in [3.8, 4) is 0 Å². The molecule has 0 aromatic heterocycles. The van der Waals surface area contributed by atoms with Gasteiger partial charge in [-0.05, 0) is 123 Å². The van der Waals surface area contributed by atoms with E-state index in [1.165, 1.54) is 77.0 Å². The van der Waals surface area contributed by atoms with Gasteiger partial charge in [0.2, 0.25) is 0 Å². The SMILES string of the molecule is CC1(C)CCCC2(C)OC(C)(C3CCC4C5(C)CCCC(C)(C)C5CCC34C)CCC12. The van der Waals surface area contributed by atoms with E-state index in [1.807, 2.05) is 0 Å². The Bertz CT molecular complexity index is 722. The average molecular weight is 429 g/mol. The van der Waals surface area contributed by atoms with Crippen LogP contribution in [0.5, 0.6) is 0 Å². The van der Waals surface area contributed by atoms with Crippen molar-refractivity contribution in [3.05, 3.63) is 0 Å².